The van der Waals surface area contributed by atoms with Gasteiger partial charge in [-0.3, -0.25) is 0 Å². The van der Waals surface area contributed by atoms with Crippen molar-refractivity contribution < 1.29 is 19.1 Å². The van der Waals surface area contributed by atoms with Crippen molar-refractivity contribution in [3.63, 3.8) is 0 Å². The summed E-state index contributed by atoms with van der Waals surface area (Å²) in [6.07, 6.45) is 4.66. The van der Waals surface area contributed by atoms with Gasteiger partial charge in [-0.1, -0.05) is 18.2 Å². The summed E-state index contributed by atoms with van der Waals surface area (Å²) in [7, 11) is 0. The van der Waals surface area contributed by atoms with Crippen LogP contribution in [0.4, 0.5) is 16.6 Å². The number of hydrogen-bond acceptors (Lipinski definition) is 9. The molecule has 4 rings (SSSR count). The number of ether oxygens (including phenoxy) is 2. The smallest absolute Gasteiger partial charge is 0.407 e. The monoisotopic (exact) mass is 562 g/mol. The molecule has 1 fully saturated rings. The van der Waals surface area contributed by atoms with E-state index in [4.69, 9.17) is 19.4 Å². The number of benzene rings is 1. The average Bonchev–Trinajstić information content (AvgIpc) is 2.91. The Balaban J connectivity index is 1.39. The fourth-order valence-electron chi connectivity index (χ4n) is 4.81. The molecule has 10 heteroatoms. The van der Waals surface area contributed by atoms with Crippen LogP contribution in [0.25, 0.3) is 10.9 Å². The van der Waals surface area contributed by atoms with Crippen LogP contribution < -0.4 is 16.0 Å². The molecule has 0 saturated heterocycles. The van der Waals surface area contributed by atoms with Gasteiger partial charge >= 0.3 is 12.1 Å². The first kappa shape index (κ1) is 30.0. The molecule has 1 amide bonds. The number of anilines is 2. The summed E-state index contributed by atoms with van der Waals surface area (Å²) in [5.41, 5.74) is 1.31. The third-order valence-corrected chi connectivity index (χ3v) is 6.84. The Morgan fingerprint density at radius 2 is 1.73 bits per heavy atom. The maximum absolute atomic E-state index is 12.6. The molecule has 1 aliphatic rings. The molecule has 2 heterocycles. The highest BCUT2D eigenvalue weighted by atomic mass is 16.6. The molecule has 1 atom stereocenters. The van der Waals surface area contributed by atoms with Crippen molar-refractivity contribution in [1.29, 1.82) is 0 Å². The highest BCUT2D eigenvalue weighted by molar-refractivity contribution is 5.90. The van der Waals surface area contributed by atoms with Gasteiger partial charge in [-0.25, -0.2) is 24.5 Å². The van der Waals surface area contributed by atoms with Crippen molar-refractivity contribution in [3.8, 4) is 0 Å². The molecule has 3 aromatic rings. The number of carbonyl (C=O) groups excluding carboxylic acids is 2. The number of esters is 1. The standard InChI is InChI=1S/C31H42N6O4/c1-19(2)34-27-26-23(16-25(36-27)20(3)40-28(38)22-10-8-7-9-11-22)18-33-29(37-26)32-17-21-12-14-24(15-13-21)35-30(39)41-31(4,5)6/h7-11,16,18-21,24H,12-15,17H2,1-6H3,(H,34,36)(H,35,39)(H,32,33,37). The number of nitrogens with zero attached hydrogens (tertiary/aromatic N) is 3. The minimum atomic E-state index is -0.558. The largest absolute Gasteiger partial charge is 0.453 e. The molecular weight excluding hydrogens is 520 g/mol. The number of fused-ring (bicyclic) bond motifs is 1. The fourth-order valence-corrected chi connectivity index (χ4v) is 4.81. The zero-order valence-electron chi connectivity index (χ0n) is 24.9. The Kier molecular flexibility index (Phi) is 9.62. The van der Waals surface area contributed by atoms with Gasteiger partial charge in [0.1, 0.15) is 17.2 Å². The van der Waals surface area contributed by atoms with Crippen LogP contribution in [-0.2, 0) is 9.47 Å². The highest BCUT2D eigenvalue weighted by Crippen LogP contribution is 2.28. The number of pyridine rings is 1. The quantitative estimate of drug-likeness (QED) is 0.259. The molecule has 220 valence electrons. The number of hydrogen-bond donors (Lipinski definition) is 3. The zero-order chi connectivity index (χ0) is 29.6. The van der Waals surface area contributed by atoms with E-state index in [1.165, 1.54) is 0 Å². The van der Waals surface area contributed by atoms with E-state index in [2.05, 4.69) is 20.9 Å². The second kappa shape index (κ2) is 13.1. The summed E-state index contributed by atoms with van der Waals surface area (Å²) in [6.45, 7) is 12.2. The summed E-state index contributed by atoms with van der Waals surface area (Å²) >= 11 is 0. The molecule has 1 aliphatic carbocycles. The lowest BCUT2D eigenvalue weighted by Crippen LogP contribution is -2.41. The van der Waals surface area contributed by atoms with Gasteiger partial charge in [0.2, 0.25) is 5.95 Å². The predicted octanol–water partition coefficient (Wildman–Crippen LogP) is 6.26. The molecule has 0 radical (unpaired) electrons. The van der Waals surface area contributed by atoms with Crippen LogP contribution in [-0.4, -0.2) is 51.2 Å². The molecule has 10 nitrogen and oxygen atoms in total. The molecule has 0 bridgehead atoms. The minimum absolute atomic E-state index is 0.124. The third-order valence-electron chi connectivity index (χ3n) is 6.84. The van der Waals surface area contributed by atoms with Crippen LogP contribution in [0.5, 0.6) is 0 Å². The molecule has 41 heavy (non-hydrogen) atoms. The number of amides is 1. The number of nitrogens with one attached hydrogen (secondary N) is 3. The molecule has 1 aromatic carbocycles. The summed E-state index contributed by atoms with van der Waals surface area (Å²) < 4.78 is 11.1. The number of carbonyl (C=O) groups is 2. The first-order chi connectivity index (χ1) is 19.5. The maximum Gasteiger partial charge on any atom is 0.407 e. The molecule has 1 saturated carbocycles. The Morgan fingerprint density at radius 3 is 2.39 bits per heavy atom. The Bertz CT molecular complexity index is 1330. The predicted molar refractivity (Wildman–Crippen MR) is 160 cm³/mol. The van der Waals surface area contributed by atoms with Crippen molar-refractivity contribution in [2.45, 2.75) is 91.0 Å². The molecule has 0 aliphatic heterocycles. The van der Waals surface area contributed by atoms with E-state index in [0.717, 1.165) is 37.6 Å². The van der Waals surface area contributed by atoms with Crippen LogP contribution in [0.3, 0.4) is 0 Å². The van der Waals surface area contributed by atoms with E-state index in [0.29, 0.717) is 34.5 Å². The second-order valence-electron chi connectivity index (χ2n) is 12.0. The molecule has 0 spiro atoms. The minimum Gasteiger partial charge on any atom is -0.453 e. The van der Waals surface area contributed by atoms with Crippen molar-refractivity contribution in [3.05, 3.63) is 53.9 Å². The number of rotatable bonds is 9. The normalized spacial score (nSPS) is 18.0. The van der Waals surface area contributed by atoms with Crippen LogP contribution in [0.15, 0.2) is 42.6 Å². The third kappa shape index (κ3) is 8.77. The second-order valence-corrected chi connectivity index (χ2v) is 12.0. The van der Waals surface area contributed by atoms with Crippen LogP contribution in [0.2, 0.25) is 0 Å². The molecular formula is C31H42N6O4. The Hall–Kier alpha value is -3.95. The number of alkyl carbamates (subject to hydrolysis) is 1. The van der Waals surface area contributed by atoms with Crippen molar-refractivity contribution in [1.82, 2.24) is 20.3 Å². The zero-order valence-corrected chi connectivity index (χ0v) is 24.9. The lowest BCUT2D eigenvalue weighted by molar-refractivity contribution is 0.0329. The van der Waals surface area contributed by atoms with Gasteiger partial charge in [0.25, 0.3) is 0 Å². The molecule has 3 N–H and O–H groups in total. The van der Waals surface area contributed by atoms with Gasteiger partial charge in [0, 0.05) is 30.2 Å². The van der Waals surface area contributed by atoms with Gasteiger partial charge in [-0.2, -0.15) is 0 Å². The topological polar surface area (TPSA) is 127 Å². The Morgan fingerprint density at radius 1 is 1.02 bits per heavy atom. The van der Waals surface area contributed by atoms with Gasteiger partial charge in [0.15, 0.2) is 5.82 Å². The lowest BCUT2D eigenvalue weighted by Gasteiger charge is -2.30. The van der Waals surface area contributed by atoms with E-state index in [1.807, 2.05) is 53.7 Å². The van der Waals surface area contributed by atoms with E-state index in [1.54, 1.807) is 30.5 Å². The summed E-state index contributed by atoms with van der Waals surface area (Å²) in [4.78, 5) is 38.8. The van der Waals surface area contributed by atoms with E-state index >= 15 is 0 Å². The van der Waals surface area contributed by atoms with Crippen molar-refractivity contribution in [2.75, 3.05) is 17.2 Å². The van der Waals surface area contributed by atoms with Crippen LogP contribution in [0, 0.1) is 5.92 Å². The Labute approximate surface area is 242 Å². The highest BCUT2D eigenvalue weighted by Gasteiger charge is 2.25. The maximum atomic E-state index is 12.6. The molecule has 1 unspecified atom stereocenters. The summed E-state index contributed by atoms with van der Waals surface area (Å²) in [6, 6.07) is 11.0. The fraction of sp³-hybridized carbons (Fsp3) is 0.516. The van der Waals surface area contributed by atoms with E-state index in [-0.39, 0.29) is 18.2 Å². The molecule has 2 aromatic heterocycles. The van der Waals surface area contributed by atoms with Gasteiger partial charge in [-0.05, 0) is 91.3 Å². The van der Waals surface area contributed by atoms with E-state index < -0.39 is 17.7 Å². The first-order valence-corrected chi connectivity index (χ1v) is 14.4. The van der Waals surface area contributed by atoms with Crippen LogP contribution >= 0.6 is 0 Å². The summed E-state index contributed by atoms with van der Waals surface area (Å²) in [5, 5.41) is 10.6. The lowest BCUT2D eigenvalue weighted by atomic mass is 9.86. The van der Waals surface area contributed by atoms with Crippen molar-refractivity contribution in [2.24, 2.45) is 5.92 Å². The first-order valence-electron chi connectivity index (χ1n) is 14.4. The van der Waals surface area contributed by atoms with E-state index in [9.17, 15) is 9.59 Å². The van der Waals surface area contributed by atoms with Gasteiger partial charge < -0.3 is 25.4 Å². The van der Waals surface area contributed by atoms with Gasteiger partial charge in [-0.15, -0.1) is 0 Å². The summed E-state index contributed by atoms with van der Waals surface area (Å²) in [5.74, 6) is 1.22. The van der Waals surface area contributed by atoms with Crippen LogP contribution in [0.1, 0.15) is 89.4 Å². The number of aromatic nitrogens is 3. The van der Waals surface area contributed by atoms with Crippen molar-refractivity contribution >= 4 is 34.7 Å². The SMILES string of the molecule is CC(C)Nc1nc(C(C)OC(=O)c2ccccc2)cc2cnc(NCC3CCC(NC(=O)OC(C)(C)C)CC3)nc12. The van der Waals surface area contributed by atoms with Gasteiger partial charge in [0.05, 0.1) is 11.3 Å². The average molecular weight is 563 g/mol.